The summed E-state index contributed by atoms with van der Waals surface area (Å²) in [7, 11) is 0. The number of rotatable bonds is 5. The molecule has 3 aromatic rings. The third kappa shape index (κ3) is 3.96. The van der Waals surface area contributed by atoms with Crippen LogP contribution in [-0.2, 0) is 0 Å². The van der Waals surface area contributed by atoms with Gasteiger partial charge in [-0.2, -0.15) is 5.10 Å². The van der Waals surface area contributed by atoms with E-state index in [-0.39, 0.29) is 0 Å². The lowest BCUT2D eigenvalue weighted by Crippen LogP contribution is -2.09. The number of anilines is 2. The van der Waals surface area contributed by atoms with E-state index in [1.807, 2.05) is 71.9 Å². The predicted octanol–water partition coefficient (Wildman–Crippen LogP) is 4.37. The number of nitrogens with zero attached hydrogens (tertiary/aromatic N) is 4. The zero-order chi connectivity index (χ0) is 15.9. The molecule has 0 atom stereocenters. The van der Waals surface area contributed by atoms with E-state index in [4.69, 9.17) is 0 Å². The van der Waals surface area contributed by atoms with Crippen LogP contribution in [0.2, 0.25) is 0 Å². The summed E-state index contributed by atoms with van der Waals surface area (Å²) in [5, 5.41) is 7.26. The van der Waals surface area contributed by atoms with Crippen LogP contribution < -0.4 is 5.01 Å². The molecule has 1 aromatic heterocycles. The Morgan fingerprint density at radius 3 is 1.87 bits per heavy atom. The fourth-order valence-corrected chi connectivity index (χ4v) is 2.36. The second kappa shape index (κ2) is 7.56. The average Bonchev–Trinajstić information content (AvgIpc) is 2.64. The highest BCUT2D eigenvalue weighted by molar-refractivity contribution is 7.98. The van der Waals surface area contributed by atoms with Crippen molar-refractivity contribution in [3.05, 3.63) is 78.6 Å². The van der Waals surface area contributed by atoms with E-state index >= 15 is 0 Å². The van der Waals surface area contributed by atoms with Crippen molar-refractivity contribution in [2.24, 2.45) is 5.10 Å². The summed E-state index contributed by atoms with van der Waals surface area (Å²) >= 11 is 1.52. The third-order valence-corrected chi connectivity index (χ3v) is 3.73. The summed E-state index contributed by atoms with van der Waals surface area (Å²) in [5.41, 5.74) is 2.85. The van der Waals surface area contributed by atoms with Crippen LogP contribution in [0.5, 0.6) is 0 Å². The van der Waals surface area contributed by atoms with Crippen molar-refractivity contribution >= 4 is 29.4 Å². The number of thioether (sulfide) groups is 1. The van der Waals surface area contributed by atoms with Crippen molar-refractivity contribution in [2.75, 3.05) is 11.3 Å². The second-order valence-electron chi connectivity index (χ2n) is 4.73. The first-order valence-corrected chi connectivity index (χ1v) is 8.39. The molecule has 0 saturated carbocycles. The highest BCUT2D eigenvalue weighted by Crippen LogP contribution is 2.25. The Balaban J connectivity index is 1.91. The van der Waals surface area contributed by atoms with Gasteiger partial charge in [0.1, 0.15) is 0 Å². The Morgan fingerprint density at radius 1 is 0.870 bits per heavy atom. The molecule has 0 saturated heterocycles. The van der Waals surface area contributed by atoms with E-state index in [9.17, 15) is 0 Å². The zero-order valence-electron chi connectivity index (χ0n) is 12.7. The highest BCUT2D eigenvalue weighted by Gasteiger charge is 2.06. The minimum atomic E-state index is 0.755. The Morgan fingerprint density at radius 2 is 1.39 bits per heavy atom. The van der Waals surface area contributed by atoms with Crippen molar-refractivity contribution in [2.45, 2.75) is 5.16 Å². The van der Waals surface area contributed by atoms with Gasteiger partial charge in [0.25, 0.3) is 0 Å². The quantitative estimate of drug-likeness (QED) is 0.303. The van der Waals surface area contributed by atoms with Gasteiger partial charge in [-0.1, -0.05) is 48.2 Å². The first-order valence-electron chi connectivity index (χ1n) is 7.17. The highest BCUT2D eigenvalue weighted by atomic mass is 32.2. The van der Waals surface area contributed by atoms with Crippen LogP contribution in [0.4, 0.5) is 11.4 Å². The lowest BCUT2D eigenvalue weighted by atomic mass is 10.2. The van der Waals surface area contributed by atoms with Gasteiger partial charge in [-0.05, 0) is 30.5 Å². The SMILES string of the molecule is CSc1ncc(C=NN(c2ccccc2)c2ccccc2)cn1. The van der Waals surface area contributed by atoms with Gasteiger partial charge >= 0.3 is 0 Å². The van der Waals surface area contributed by atoms with Crippen molar-refractivity contribution in [1.82, 2.24) is 9.97 Å². The normalized spacial score (nSPS) is 10.8. The van der Waals surface area contributed by atoms with E-state index in [0.717, 1.165) is 22.1 Å². The molecule has 5 heteroatoms. The maximum Gasteiger partial charge on any atom is 0.187 e. The van der Waals surface area contributed by atoms with E-state index < -0.39 is 0 Å². The minimum Gasteiger partial charge on any atom is -0.234 e. The molecule has 1 heterocycles. The Bertz CT molecular complexity index is 719. The van der Waals surface area contributed by atoms with E-state index in [2.05, 4.69) is 15.1 Å². The predicted molar refractivity (Wildman–Crippen MR) is 96.4 cm³/mol. The molecule has 0 unspecified atom stereocenters. The van der Waals surface area contributed by atoms with Gasteiger partial charge in [0, 0.05) is 18.0 Å². The molecule has 4 nitrogen and oxygen atoms in total. The number of para-hydroxylation sites is 2. The number of benzene rings is 2. The molecule has 0 radical (unpaired) electrons. The van der Waals surface area contributed by atoms with Crippen molar-refractivity contribution < 1.29 is 0 Å². The molecular formula is C18H16N4S. The van der Waals surface area contributed by atoms with Crippen LogP contribution in [0, 0.1) is 0 Å². The van der Waals surface area contributed by atoms with Crippen molar-refractivity contribution in [3.8, 4) is 0 Å². The molecule has 23 heavy (non-hydrogen) atoms. The van der Waals surface area contributed by atoms with Crippen molar-refractivity contribution in [1.29, 1.82) is 0 Å². The summed E-state index contributed by atoms with van der Waals surface area (Å²) in [5.74, 6) is 0. The molecule has 0 spiro atoms. The van der Waals surface area contributed by atoms with Gasteiger partial charge in [0.15, 0.2) is 5.16 Å². The van der Waals surface area contributed by atoms with Gasteiger partial charge in [0.2, 0.25) is 0 Å². The molecule has 0 bridgehead atoms. The minimum absolute atomic E-state index is 0.755. The van der Waals surface area contributed by atoms with Crippen LogP contribution in [0.3, 0.4) is 0 Å². The molecule has 0 aliphatic heterocycles. The molecule has 0 amide bonds. The van der Waals surface area contributed by atoms with Crippen LogP contribution in [0.25, 0.3) is 0 Å². The molecule has 114 valence electrons. The summed E-state index contributed by atoms with van der Waals surface area (Å²) in [6.07, 6.45) is 7.27. The lowest BCUT2D eigenvalue weighted by Gasteiger charge is -2.19. The maximum atomic E-state index is 4.61. The fraction of sp³-hybridized carbons (Fsp3) is 0.0556. The smallest absolute Gasteiger partial charge is 0.187 e. The van der Waals surface area contributed by atoms with Gasteiger partial charge in [-0.25, -0.2) is 15.0 Å². The molecular weight excluding hydrogens is 304 g/mol. The third-order valence-electron chi connectivity index (χ3n) is 3.15. The Labute approximate surface area is 139 Å². The average molecular weight is 320 g/mol. The van der Waals surface area contributed by atoms with Crippen LogP contribution in [0.15, 0.2) is 83.3 Å². The standard InChI is InChI=1S/C18H16N4S/c1-23-18-19-12-15(13-20-18)14-21-22(16-8-4-2-5-9-16)17-10-6-3-7-11-17/h2-14H,1H3. The molecule has 0 N–H and O–H groups in total. The van der Waals surface area contributed by atoms with Gasteiger partial charge in [-0.3, -0.25) is 0 Å². The summed E-state index contributed by atoms with van der Waals surface area (Å²) in [4.78, 5) is 8.53. The van der Waals surface area contributed by atoms with E-state index in [1.165, 1.54) is 11.8 Å². The fourth-order valence-electron chi connectivity index (χ4n) is 2.04. The first-order chi connectivity index (χ1) is 11.4. The monoisotopic (exact) mass is 320 g/mol. The maximum absolute atomic E-state index is 4.61. The van der Waals surface area contributed by atoms with Crippen molar-refractivity contribution in [3.63, 3.8) is 0 Å². The lowest BCUT2D eigenvalue weighted by molar-refractivity contribution is 0.965. The molecule has 3 rings (SSSR count). The molecule has 0 aliphatic carbocycles. The number of hydrazone groups is 1. The van der Waals surface area contributed by atoms with Crippen LogP contribution in [0.1, 0.15) is 5.56 Å². The topological polar surface area (TPSA) is 41.4 Å². The number of hydrogen-bond donors (Lipinski definition) is 0. The zero-order valence-corrected chi connectivity index (χ0v) is 13.5. The summed E-state index contributed by atoms with van der Waals surface area (Å²) < 4.78 is 0. The summed E-state index contributed by atoms with van der Waals surface area (Å²) in [6.45, 7) is 0. The van der Waals surface area contributed by atoms with Gasteiger partial charge in [0.05, 0.1) is 17.6 Å². The molecule has 0 aliphatic rings. The second-order valence-corrected chi connectivity index (χ2v) is 5.50. The largest absolute Gasteiger partial charge is 0.234 e. The molecule has 2 aromatic carbocycles. The molecule has 0 fully saturated rings. The number of aromatic nitrogens is 2. The van der Waals surface area contributed by atoms with Crippen LogP contribution in [-0.4, -0.2) is 22.4 Å². The van der Waals surface area contributed by atoms with Gasteiger partial charge in [-0.15, -0.1) is 0 Å². The summed E-state index contributed by atoms with van der Waals surface area (Å²) in [6, 6.07) is 20.1. The van der Waals surface area contributed by atoms with E-state index in [1.54, 1.807) is 18.6 Å². The van der Waals surface area contributed by atoms with Crippen LogP contribution >= 0.6 is 11.8 Å². The Hall–Kier alpha value is -2.66. The van der Waals surface area contributed by atoms with Gasteiger partial charge < -0.3 is 0 Å². The first kappa shape index (κ1) is 15.2. The van der Waals surface area contributed by atoms with E-state index in [0.29, 0.717) is 0 Å². The number of hydrogen-bond acceptors (Lipinski definition) is 5. The Kier molecular flexibility index (Phi) is 5.01.